The van der Waals surface area contributed by atoms with Gasteiger partial charge in [0.1, 0.15) is 11.6 Å². The monoisotopic (exact) mass is 328 g/mol. The van der Waals surface area contributed by atoms with Crippen molar-refractivity contribution >= 4 is 17.8 Å². The predicted octanol–water partition coefficient (Wildman–Crippen LogP) is 2.17. The van der Waals surface area contributed by atoms with Gasteiger partial charge in [-0.1, -0.05) is 12.1 Å². The van der Waals surface area contributed by atoms with E-state index >= 15 is 0 Å². The van der Waals surface area contributed by atoms with E-state index < -0.39 is 24.1 Å². The van der Waals surface area contributed by atoms with Crippen molar-refractivity contribution in [1.29, 1.82) is 0 Å². The Bertz CT molecular complexity index is 755. The van der Waals surface area contributed by atoms with E-state index in [0.717, 1.165) is 6.07 Å². The van der Waals surface area contributed by atoms with Crippen LogP contribution in [0.3, 0.4) is 0 Å². The number of carbonyl (C=O) groups excluding carboxylic acids is 2. The highest BCUT2D eigenvalue weighted by Crippen LogP contribution is 2.35. The van der Waals surface area contributed by atoms with Gasteiger partial charge in [0, 0.05) is 5.56 Å². The SMILES string of the molecule is NC(=O)Nc1[nH]c(-c2ccccc2OC(F)(F)F)cc1C(N)=O. The molecule has 10 heteroatoms. The number of alkyl halides is 3. The summed E-state index contributed by atoms with van der Waals surface area (Å²) in [6.07, 6.45) is -4.89. The lowest BCUT2D eigenvalue weighted by Crippen LogP contribution is -2.22. The Morgan fingerprint density at radius 3 is 2.39 bits per heavy atom. The summed E-state index contributed by atoms with van der Waals surface area (Å²) in [5.74, 6) is -1.50. The lowest BCUT2D eigenvalue weighted by molar-refractivity contribution is -0.274. The fraction of sp³-hybridized carbons (Fsp3) is 0.0769. The fourth-order valence-corrected chi connectivity index (χ4v) is 1.92. The smallest absolute Gasteiger partial charge is 0.405 e. The van der Waals surface area contributed by atoms with Gasteiger partial charge in [0.2, 0.25) is 0 Å². The van der Waals surface area contributed by atoms with Gasteiger partial charge in [-0.25, -0.2) is 4.79 Å². The van der Waals surface area contributed by atoms with Crippen LogP contribution in [0.4, 0.5) is 23.8 Å². The van der Waals surface area contributed by atoms with Crippen molar-refractivity contribution in [1.82, 2.24) is 4.98 Å². The first kappa shape index (κ1) is 16.2. The molecule has 3 amide bonds. The van der Waals surface area contributed by atoms with Crippen LogP contribution in [0.1, 0.15) is 10.4 Å². The van der Waals surface area contributed by atoms with Crippen LogP contribution in [0.2, 0.25) is 0 Å². The molecule has 0 aliphatic carbocycles. The number of para-hydroxylation sites is 1. The Kier molecular flexibility index (Phi) is 4.16. The average Bonchev–Trinajstić information content (AvgIpc) is 2.80. The third kappa shape index (κ3) is 3.93. The Morgan fingerprint density at radius 2 is 1.83 bits per heavy atom. The molecule has 0 spiro atoms. The Balaban J connectivity index is 2.50. The number of ether oxygens (including phenoxy) is 1. The molecule has 0 aliphatic heterocycles. The van der Waals surface area contributed by atoms with Crippen LogP contribution in [0, 0.1) is 0 Å². The molecular weight excluding hydrogens is 317 g/mol. The van der Waals surface area contributed by atoms with Crippen molar-refractivity contribution in [2.45, 2.75) is 6.36 Å². The minimum absolute atomic E-state index is 0.0184. The molecule has 7 nitrogen and oxygen atoms in total. The molecule has 6 N–H and O–H groups in total. The molecule has 1 aromatic heterocycles. The van der Waals surface area contributed by atoms with Gasteiger partial charge in [0.05, 0.1) is 11.3 Å². The molecule has 1 aromatic carbocycles. The van der Waals surface area contributed by atoms with Gasteiger partial charge in [-0.2, -0.15) is 0 Å². The zero-order valence-electron chi connectivity index (χ0n) is 11.4. The largest absolute Gasteiger partial charge is 0.573 e. The third-order valence-corrected chi connectivity index (χ3v) is 2.73. The van der Waals surface area contributed by atoms with Crippen LogP contribution in [-0.2, 0) is 0 Å². The number of nitrogens with two attached hydrogens (primary N) is 2. The number of halogens is 3. The van der Waals surface area contributed by atoms with Gasteiger partial charge in [-0.3, -0.25) is 10.1 Å². The summed E-state index contributed by atoms with van der Waals surface area (Å²) in [4.78, 5) is 24.8. The summed E-state index contributed by atoms with van der Waals surface area (Å²) in [6.45, 7) is 0. The number of nitrogens with one attached hydrogen (secondary N) is 2. The summed E-state index contributed by atoms with van der Waals surface area (Å²) < 4.78 is 41.3. The van der Waals surface area contributed by atoms with E-state index in [1.807, 2.05) is 0 Å². The topological polar surface area (TPSA) is 123 Å². The van der Waals surface area contributed by atoms with Gasteiger partial charge in [-0.15, -0.1) is 13.2 Å². The second-order valence-corrected chi connectivity index (χ2v) is 4.37. The Labute approximate surface area is 127 Å². The first-order valence-corrected chi connectivity index (χ1v) is 6.12. The maximum Gasteiger partial charge on any atom is 0.573 e. The molecule has 0 unspecified atom stereocenters. The van der Waals surface area contributed by atoms with Crippen LogP contribution in [-0.4, -0.2) is 23.3 Å². The maximum atomic E-state index is 12.4. The van der Waals surface area contributed by atoms with Crippen LogP contribution in [0.5, 0.6) is 5.75 Å². The molecule has 0 saturated heterocycles. The van der Waals surface area contributed by atoms with E-state index in [4.69, 9.17) is 11.5 Å². The van der Waals surface area contributed by atoms with Crippen molar-refractivity contribution in [3.05, 3.63) is 35.9 Å². The molecule has 2 rings (SSSR count). The number of anilines is 1. The van der Waals surface area contributed by atoms with Crippen LogP contribution < -0.4 is 21.5 Å². The molecule has 0 radical (unpaired) electrons. The number of carbonyl (C=O) groups is 2. The molecule has 0 aliphatic rings. The standard InChI is InChI=1S/C13H11F3N4O3/c14-13(15,16)23-9-4-2-1-3-6(9)8-5-7(10(17)21)11(19-8)20-12(18)22/h1-5,19H,(H2,17,21)(H3,18,20,22). The van der Waals surface area contributed by atoms with Crippen molar-refractivity contribution in [2.75, 3.05) is 5.32 Å². The Hall–Kier alpha value is -3.17. The number of hydrogen-bond acceptors (Lipinski definition) is 3. The zero-order valence-corrected chi connectivity index (χ0v) is 11.4. The van der Waals surface area contributed by atoms with E-state index in [9.17, 15) is 22.8 Å². The number of amides is 3. The summed E-state index contributed by atoms with van der Waals surface area (Å²) in [7, 11) is 0. The normalized spacial score (nSPS) is 11.1. The highest BCUT2D eigenvalue weighted by Gasteiger charge is 2.32. The van der Waals surface area contributed by atoms with Gasteiger partial charge in [0.25, 0.3) is 5.91 Å². The minimum Gasteiger partial charge on any atom is -0.405 e. The zero-order chi connectivity index (χ0) is 17.2. The quantitative estimate of drug-likeness (QED) is 0.687. The summed E-state index contributed by atoms with van der Waals surface area (Å²) >= 11 is 0. The molecule has 1 heterocycles. The molecule has 0 atom stereocenters. The number of urea groups is 1. The number of hydrogen-bond donors (Lipinski definition) is 4. The summed E-state index contributed by atoms with van der Waals surface area (Å²) in [5.41, 5.74) is 10.1. The number of rotatable bonds is 4. The van der Waals surface area contributed by atoms with Crippen molar-refractivity contribution in [3.63, 3.8) is 0 Å². The molecule has 0 bridgehead atoms. The van der Waals surface area contributed by atoms with Gasteiger partial charge >= 0.3 is 12.4 Å². The van der Waals surface area contributed by atoms with Crippen LogP contribution in [0.25, 0.3) is 11.3 Å². The summed E-state index contributed by atoms with van der Waals surface area (Å²) in [5, 5.41) is 2.13. The number of H-pyrrole nitrogens is 1. The fourth-order valence-electron chi connectivity index (χ4n) is 1.92. The number of aromatic amines is 1. The Morgan fingerprint density at radius 1 is 1.17 bits per heavy atom. The lowest BCUT2D eigenvalue weighted by atomic mass is 10.1. The van der Waals surface area contributed by atoms with Gasteiger partial charge in [0.15, 0.2) is 0 Å². The first-order chi connectivity index (χ1) is 10.7. The van der Waals surface area contributed by atoms with Crippen LogP contribution >= 0.6 is 0 Å². The van der Waals surface area contributed by atoms with E-state index in [1.165, 1.54) is 24.3 Å². The first-order valence-electron chi connectivity index (χ1n) is 6.12. The lowest BCUT2D eigenvalue weighted by Gasteiger charge is -2.12. The van der Waals surface area contributed by atoms with Crippen molar-refractivity contribution in [2.24, 2.45) is 11.5 Å². The van der Waals surface area contributed by atoms with Crippen molar-refractivity contribution < 1.29 is 27.5 Å². The maximum absolute atomic E-state index is 12.4. The second kappa shape index (κ2) is 5.91. The highest BCUT2D eigenvalue weighted by molar-refractivity contribution is 6.03. The molecule has 122 valence electrons. The highest BCUT2D eigenvalue weighted by atomic mass is 19.4. The molecule has 0 fully saturated rings. The van der Waals surface area contributed by atoms with E-state index in [-0.39, 0.29) is 22.6 Å². The number of aromatic nitrogens is 1. The average molecular weight is 328 g/mol. The van der Waals surface area contributed by atoms with Crippen LogP contribution in [0.15, 0.2) is 30.3 Å². The van der Waals surface area contributed by atoms with Gasteiger partial charge in [-0.05, 0) is 18.2 Å². The molecular formula is C13H11F3N4O3. The summed E-state index contributed by atoms with van der Waals surface area (Å²) in [6, 6.07) is 5.49. The van der Waals surface area contributed by atoms with E-state index in [0.29, 0.717) is 0 Å². The number of primary amides is 2. The van der Waals surface area contributed by atoms with Gasteiger partial charge < -0.3 is 21.2 Å². The predicted molar refractivity (Wildman–Crippen MR) is 74.6 cm³/mol. The molecule has 0 saturated carbocycles. The molecule has 23 heavy (non-hydrogen) atoms. The van der Waals surface area contributed by atoms with Crippen molar-refractivity contribution in [3.8, 4) is 17.0 Å². The molecule has 2 aromatic rings. The third-order valence-electron chi connectivity index (χ3n) is 2.73. The minimum atomic E-state index is -4.89. The number of benzene rings is 1. The van der Waals surface area contributed by atoms with E-state index in [1.54, 1.807) is 0 Å². The second-order valence-electron chi connectivity index (χ2n) is 4.37. The van der Waals surface area contributed by atoms with E-state index in [2.05, 4.69) is 15.0 Å².